The molecule has 0 fully saturated rings. The minimum atomic E-state index is -4.37. The van der Waals surface area contributed by atoms with Crippen molar-refractivity contribution in [2.45, 2.75) is 6.82 Å². The van der Waals surface area contributed by atoms with E-state index in [1.807, 2.05) is 0 Å². The summed E-state index contributed by atoms with van der Waals surface area (Å²) in [5.74, 6) is 0. The largest absolute Gasteiger partial charge is 0.786 e. The van der Waals surface area contributed by atoms with Crippen LogP contribution in [0, 0.1) is 0 Å². The fraction of sp³-hybridized carbons (Fsp3) is 0.143. The Morgan fingerprint density at radius 1 is 1.57 bits per heavy atom. The standard InChI is InChI=1S/C7H11BNO4P/c1-8(14(11,12)13-10)6-3-2-4-7(9)5-6/h2-5,10H,9H2,1H3,(H,11,12)/p-2. The predicted molar refractivity (Wildman–Crippen MR) is 50.8 cm³/mol. The average molecular weight is 213 g/mol. The molecule has 1 atom stereocenters. The molecule has 0 aliphatic carbocycles. The summed E-state index contributed by atoms with van der Waals surface area (Å²) in [6, 6.07) is 6.31. The Kier molecular flexibility index (Phi) is 3.34. The molecule has 0 radical (unpaired) electrons. The number of nitrogen functional groups attached to an aromatic ring is 1. The third-order valence-corrected chi connectivity index (χ3v) is 3.43. The minimum Gasteiger partial charge on any atom is -0.786 e. The first-order valence-electron chi connectivity index (χ1n) is 3.95. The molecule has 1 rings (SSSR count). The van der Waals surface area contributed by atoms with Crippen molar-refractivity contribution in [2.24, 2.45) is 0 Å². The van der Waals surface area contributed by atoms with Crippen LogP contribution in [0.5, 0.6) is 0 Å². The maximum atomic E-state index is 11.1. The first kappa shape index (κ1) is 11.3. The van der Waals surface area contributed by atoms with Crippen LogP contribution in [-0.2, 0) is 9.24 Å². The average Bonchev–Trinajstić information content (AvgIpc) is 2.16. The van der Waals surface area contributed by atoms with Crippen molar-refractivity contribution < 1.29 is 19.4 Å². The SMILES string of the molecule is CB(c1cccc(N)c1)P(=O)([O-])O[O-]. The molecule has 1 aromatic rings. The van der Waals surface area contributed by atoms with E-state index in [0.717, 1.165) is 0 Å². The smallest absolute Gasteiger partial charge is 0.262 e. The number of hydrogen-bond donors (Lipinski definition) is 1. The zero-order valence-electron chi connectivity index (χ0n) is 7.54. The molecular weight excluding hydrogens is 204 g/mol. The van der Waals surface area contributed by atoms with E-state index in [4.69, 9.17) is 5.73 Å². The highest BCUT2D eigenvalue weighted by Gasteiger charge is 2.22. The summed E-state index contributed by atoms with van der Waals surface area (Å²) in [4.78, 5) is 11.1. The Morgan fingerprint density at radius 3 is 2.71 bits per heavy atom. The maximum Gasteiger partial charge on any atom is 0.262 e. The molecule has 0 heterocycles. The molecule has 2 N–H and O–H groups in total. The van der Waals surface area contributed by atoms with Crippen LogP contribution in [0.1, 0.15) is 0 Å². The Labute approximate surface area is 82.0 Å². The molecule has 0 saturated heterocycles. The van der Waals surface area contributed by atoms with Crippen molar-refractivity contribution in [3.63, 3.8) is 0 Å². The Balaban J connectivity index is 3.01. The van der Waals surface area contributed by atoms with Crippen molar-refractivity contribution >= 4 is 25.1 Å². The van der Waals surface area contributed by atoms with Crippen LogP contribution in [0.4, 0.5) is 5.69 Å². The molecule has 0 bridgehead atoms. The van der Waals surface area contributed by atoms with Crippen molar-refractivity contribution in [3.05, 3.63) is 24.3 Å². The van der Waals surface area contributed by atoms with E-state index in [2.05, 4.69) is 4.67 Å². The molecule has 0 aliphatic rings. The highest BCUT2D eigenvalue weighted by molar-refractivity contribution is 7.88. The summed E-state index contributed by atoms with van der Waals surface area (Å²) in [5, 5.41) is 9.94. The lowest BCUT2D eigenvalue weighted by Crippen LogP contribution is -2.34. The molecule has 1 aromatic carbocycles. The number of nitrogens with two attached hydrogens (primary N) is 1. The summed E-state index contributed by atoms with van der Waals surface area (Å²) in [7, 11) is -4.37. The molecule has 5 nitrogen and oxygen atoms in total. The second-order valence-electron chi connectivity index (χ2n) is 2.96. The van der Waals surface area contributed by atoms with E-state index in [1.165, 1.54) is 12.9 Å². The minimum absolute atomic E-state index is 0.444. The van der Waals surface area contributed by atoms with E-state index < -0.39 is 13.9 Å². The molecule has 0 saturated carbocycles. The number of anilines is 1. The second kappa shape index (κ2) is 4.15. The molecular formula is C7H9BNO4P-2. The predicted octanol–water partition coefficient (Wildman–Crippen LogP) is -1.06. The van der Waals surface area contributed by atoms with Crippen LogP contribution >= 0.6 is 7.47 Å². The molecule has 0 aromatic heterocycles. The van der Waals surface area contributed by atoms with Crippen LogP contribution in [0.2, 0.25) is 6.82 Å². The Bertz CT molecular complexity index is 372. The van der Waals surface area contributed by atoms with E-state index in [0.29, 0.717) is 11.2 Å². The number of rotatable bonds is 3. The summed E-state index contributed by atoms with van der Waals surface area (Å²) in [6.45, 7) is 1.38. The second-order valence-corrected chi connectivity index (χ2v) is 4.96. The van der Waals surface area contributed by atoms with E-state index in [1.54, 1.807) is 18.2 Å². The molecule has 0 spiro atoms. The van der Waals surface area contributed by atoms with Crippen LogP contribution in [0.15, 0.2) is 24.3 Å². The van der Waals surface area contributed by atoms with E-state index in [-0.39, 0.29) is 0 Å². The lowest BCUT2D eigenvalue weighted by Gasteiger charge is -2.30. The van der Waals surface area contributed by atoms with Gasteiger partial charge in [-0.25, -0.2) is 0 Å². The van der Waals surface area contributed by atoms with Crippen molar-refractivity contribution in [3.8, 4) is 0 Å². The van der Waals surface area contributed by atoms with Gasteiger partial charge in [-0.15, -0.1) is 0 Å². The molecule has 0 aliphatic heterocycles. The van der Waals surface area contributed by atoms with Gasteiger partial charge in [-0.2, -0.15) is 0 Å². The quantitative estimate of drug-likeness (QED) is 0.227. The van der Waals surface area contributed by atoms with Gasteiger partial charge in [0.05, 0.1) is 7.47 Å². The van der Waals surface area contributed by atoms with Crippen molar-refractivity contribution in [2.75, 3.05) is 5.73 Å². The van der Waals surface area contributed by atoms with Crippen LogP contribution in [0.3, 0.4) is 0 Å². The van der Waals surface area contributed by atoms with Gasteiger partial charge >= 0.3 is 0 Å². The zero-order chi connectivity index (χ0) is 10.8. The zero-order valence-corrected chi connectivity index (χ0v) is 8.44. The number of hydrogen-bond acceptors (Lipinski definition) is 5. The Morgan fingerprint density at radius 2 is 2.21 bits per heavy atom. The Hall–Kier alpha value is -0.805. The van der Waals surface area contributed by atoms with E-state index >= 15 is 0 Å². The van der Waals surface area contributed by atoms with Gasteiger partial charge in [0.25, 0.3) is 6.43 Å². The van der Waals surface area contributed by atoms with Gasteiger partial charge in [-0.1, -0.05) is 24.4 Å². The first-order valence-corrected chi connectivity index (χ1v) is 5.56. The fourth-order valence-electron chi connectivity index (χ4n) is 1.07. The topological polar surface area (TPSA) is 98.4 Å². The summed E-state index contributed by atoms with van der Waals surface area (Å²) < 4.78 is 14.3. The summed E-state index contributed by atoms with van der Waals surface area (Å²) in [5.41, 5.74) is 6.36. The number of benzene rings is 1. The van der Waals surface area contributed by atoms with Crippen LogP contribution < -0.4 is 21.3 Å². The highest BCUT2D eigenvalue weighted by atomic mass is 31.2. The third kappa shape index (κ3) is 2.36. The van der Waals surface area contributed by atoms with E-state index in [9.17, 15) is 14.7 Å². The van der Waals surface area contributed by atoms with Crippen molar-refractivity contribution in [1.82, 2.24) is 0 Å². The van der Waals surface area contributed by atoms with Gasteiger partial charge in [-0.3, -0.25) is 0 Å². The van der Waals surface area contributed by atoms with Gasteiger partial charge in [0, 0.05) is 5.69 Å². The summed E-state index contributed by atoms with van der Waals surface area (Å²) in [6.07, 6.45) is -0.983. The normalized spacial score (nSPS) is 14.8. The van der Waals surface area contributed by atoms with Gasteiger partial charge in [0.2, 0.25) is 0 Å². The van der Waals surface area contributed by atoms with Crippen molar-refractivity contribution in [1.29, 1.82) is 0 Å². The molecule has 76 valence electrons. The highest BCUT2D eigenvalue weighted by Crippen LogP contribution is 2.37. The molecule has 0 amide bonds. The summed E-state index contributed by atoms with van der Waals surface area (Å²) >= 11 is 0. The third-order valence-electron chi connectivity index (χ3n) is 1.97. The van der Waals surface area contributed by atoms with Gasteiger partial charge in [0.1, 0.15) is 0 Å². The maximum absolute atomic E-state index is 11.1. The molecule has 14 heavy (non-hydrogen) atoms. The fourth-order valence-corrected chi connectivity index (χ4v) is 1.72. The van der Waals surface area contributed by atoms with Gasteiger partial charge in [0.15, 0.2) is 0 Å². The lowest BCUT2D eigenvalue weighted by molar-refractivity contribution is -0.646. The van der Waals surface area contributed by atoms with Gasteiger partial charge in [-0.05, 0) is 12.1 Å². The van der Waals surface area contributed by atoms with Crippen LogP contribution in [0.25, 0.3) is 0 Å². The van der Waals surface area contributed by atoms with Gasteiger partial charge < -0.3 is 25.1 Å². The lowest BCUT2D eigenvalue weighted by atomic mass is 9.71. The molecule has 1 unspecified atom stereocenters. The van der Waals surface area contributed by atoms with Crippen LogP contribution in [-0.4, -0.2) is 6.43 Å². The monoisotopic (exact) mass is 213 g/mol. The first-order chi connectivity index (χ1) is 6.47. The molecule has 7 heteroatoms.